The predicted octanol–water partition coefficient (Wildman–Crippen LogP) is 1.99. The average Bonchev–Trinajstić information content (AvgIpc) is 3.36. The number of nitro groups is 1. The van der Waals surface area contributed by atoms with Crippen LogP contribution in [0.4, 0.5) is 17.1 Å². The van der Waals surface area contributed by atoms with Crippen LogP contribution in [0.15, 0.2) is 30.4 Å². The van der Waals surface area contributed by atoms with Crippen LogP contribution in [0.1, 0.15) is 25.7 Å². The molecule has 2 N–H and O–H groups in total. The second kappa shape index (κ2) is 6.93. The monoisotopic (exact) mass is 410 g/mol. The van der Waals surface area contributed by atoms with E-state index in [0.717, 1.165) is 24.2 Å². The number of benzene rings is 1. The van der Waals surface area contributed by atoms with Crippen molar-refractivity contribution in [3.05, 3.63) is 40.5 Å². The minimum Gasteiger partial charge on any atom is -0.368 e. The van der Waals surface area contributed by atoms with Crippen molar-refractivity contribution in [1.29, 1.82) is 0 Å². The van der Waals surface area contributed by atoms with E-state index in [4.69, 9.17) is 0 Å². The Kier molecular flexibility index (Phi) is 4.34. The number of carbonyl (C=O) groups excluding carboxylic acids is 3. The number of imide groups is 1. The van der Waals surface area contributed by atoms with Gasteiger partial charge in [-0.2, -0.15) is 0 Å². The van der Waals surface area contributed by atoms with Crippen molar-refractivity contribution in [2.24, 2.45) is 23.7 Å². The molecule has 0 radical (unpaired) electrons. The third kappa shape index (κ3) is 2.79. The summed E-state index contributed by atoms with van der Waals surface area (Å²) in [5, 5.41) is 17.5. The fourth-order valence-corrected chi connectivity index (χ4v) is 5.35. The minimum atomic E-state index is -0.562. The highest BCUT2D eigenvalue weighted by molar-refractivity contribution is 6.23. The third-order valence-electron chi connectivity index (χ3n) is 6.77. The molecule has 4 aliphatic rings. The smallest absolute Gasteiger partial charge is 0.294 e. The molecule has 5 rings (SSSR count). The second-order valence-electron chi connectivity index (χ2n) is 8.45. The van der Waals surface area contributed by atoms with Crippen LogP contribution in [0, 0.1) is 33.8 Å². The van der Waals surface area contributed by atoms with Crippen molar-refractivity contribution in [2.45, 2.75) is 31.7 Å². The van der Waals surface area contributed by atoms with E-state index >= 15 is 0 Å². The van der Waals surface area contributed by atoms with Crippen molar-refractivity contribution in [3.8, 4) is 0 Å². The summed E-state index contributed by atoms with van der Waals surface area (Å²) in [4.78, 5) is 50.4. The summed E-state index contributed by atoms with van der Waals surface area (Å²) in [6.45, 7) is 0.594. The molecule has 9 heteroatoms. The van der Waals surface area contributed by atoms with E-state index in [9.17, 15) is 24.5 Å². The van der Waals surface area contributed by atoms with Crippen LogP contribution in [-0.2, 0) is 14.4 Å². The van der Waals surface area contributed by atoms with Crippen molar-refractivity contribution in [2.75, 3.05) is 16.8 Å². The first-order valence-electron chi connectivity index (χ1n) is 10.3. The molecule has 30 heavy (non-hydrogen) atoms. The predicted molar refractivity (Wildman–Crippen MR) is 108 cm³/mol. The molecular formula is C21H22N4O5. The summed E-state index contributed by atoms with van der Waals surface area (Å²) in [5.41, 5.74) is 0.150. The molecule has 5 atom stereocenters. The van der Waals surface area contributed by atoms with E-state index in [0.29, 0.717) is 13.0 Å². The molecule has 5 unspecified atom stereocenters. The summed E-state index contributed by atoms with van der Waals surface area (Å²) in [7, 11) is 0. The van der Waals surface area contributed by atoms with Gasteiger partial charge in [0.25, 0.3) is 5.69 Å². The van der Waals surface area contributed by atoms with E-state index in [1.165, 1.54) is 18.2 Å². The number of carbonyl (C=O) groups is 3. The highest BCUT2D eigenvalue weighted by Gasteiger charge is 2.59. The number of nitro benzene ring substituents is 1. The number of hydrogen-bond acceptors (Lipinski definition) is 6. The number of fused-ring (bicyclic) bond motifs is 5. The van der Waals surface area contributed by atoms with E-state index < -0.39 is 11.0 Å². The van der Waals surface area contributed by atoms with Crippen LogP contribution in [0.5, 0.6) is 0 Å². The maximum Gasteiger partial charge on any atom is 0.294 e. The minimum absolute atomic E-state index is 0.0751. The first-order valence-corrected chi connectivity index (χ1v) is 10.3. The topological polar surface area (TPSA) is 122 Å². The van der Waals surface area contributed by atoms with Gasteiger partial charge >= 0.3 is 0 Å². The largest absolute Gasteiger partial charge is 0.368 e. The molecule has 3 fully saturated rings. The zero-order valence-corrected chi connectivity index (χ0v) is 16.2. The van der Waals surface area contributed by atoms with Gasteiger partial charge in [0, 0.05) is 12.6 Å². The van der Waals surface area contributed by atoms with Gasteiger partial charge in [0.05, 0.1) is 22.4 Å². The fraction of sp³-hybridized carbons (Fsp3) is 0.476. The summed E-state index contributed by atoms with van der Waals surface area (Å²) in [5.74, 6) is -1.32. The van der Waals surface area contributed by atoms with Crippen molar-refractivity contribution >= 4 is 34.8 Å². The maximum absolute atomic E-state index is 13.0. The quantitative estimate of drug-likeness (QED) is 0.339. The number of rotatable bonds is 4. The standard InChI is InChI=1S/C21H22N4O5/c26-19-15(3-1-2-8-22-19)23-14-7-6-13(10-16(14)25(29)30)24-20(27)17-11-4-5-12(9-11)18(17)21(24)28/h4-7,10-12,15,17-18,23H,1-3,8-9H2,(H,22,26). The van der Waals surface area contributed by atoms with Crippen molar-refractivity contribution < 1.29 is 19.3 Å². The van der Waals surface area contributed by atoms with Crippen LogP contribution in [-0.4, -0.2) is 35.2 Å². The summed E-state index contributed by atoms with van der Waals surface area (Å²) >= 11 is 0. The van der Waals surface area contributed by atoms with E-state index in [2.05, 4.69) is 10.6 Å². The van der Waals surface area contributed by atoms with Gasteiger partial charge in [-0.15, -0.1) is 0 Å². The second-order valence-corrected chi connectivity index (χ2v) is 8.45. The Morgan fingerprint density at radius 3 is 2.43 bits per heavy atom. The highest BCUT2D eigenvalue weighted by atomic mass is 16.6. The van der Waals surface area contributed by atoms with Crippen LogP contribution in [0.2, 0.25) is 0 Å². The molecule has 1 aromatic carbocycles. The number of nitrogens with zero attached hydrogens (tertiary/aromatic N) is 2. The van der Waals surface area contributed by atoms with Gasteiger partial charge in [0.15, 0.2) is 0 Å². The number of allylic oxidation sites excluding steroid dienone is 2. The van der Waals surface area contributed by atoms with Crippen LogP contribution < -0.4 is 15.5 Å². The van der Waals surface area contributed by atoms with Gasteiger partial charge in [-0.3, -0.25) is 24.5 Å². The third-order valence-corrected chi connectivity index (χ3v) is 6.77. The molecule has 0 aromatic heterocycles. The molecule has 156 valence electrons. The van der Waals surface area contributed by atoms with Gasteiger partial charge in [-0.25, -0.2) is 4.90 Å². The van der Waals surface area contributed by atoms with Gasteiger partial charge in [0.2, 0.25) is 17.7 Å². The molecule has 2 aliphatic carbocycles. The van der Waals surface area contributed by atoms with Crippen molar-refractivity contribution in [1.82, 2.24) is 5.32 Å². The molecule has 2 bridgehead atoms. The lowest BCUT2D eigenvalue weighted by Gasteiger charge is -2.20. The zero-order valence-electron chi connectivity index (χ0n) is 16.2. The fourth-order valence-electron chi connectivity index (χ4n) is 5.35. The van der Waals surface area contributed by atoms with Crippen LogP contribution >= 0.6 is 0 Å². The Labute approximate surface area is 172 Å². The average molecular weight is 410 g/mol. The van der Waals surface area contributed by atoms with Gasteiger partial charge in [-0.05, 0) is 49.7 Å². The summed E-state index contributed by atoms with van der Waals surface area (Å²) in [6.07, 6.45) is 7.11. The van der Waals surface area contributed by atoms with Crippen LogP contribution in [0.3, 0.4) is 0 Å². The Morgan fingerprint density at radius 2 is 1.77 bits per heavy atom. The number of nitrogens with one attached hydrogen (secondary N) is 2. The Bertz CT molecular complexity index is 960. The summed E-state index contributed by atoms with van der Waals surface area (Å²) in [6, 6.07) is 3.71. The van der Waals surface area contributed by atoms with E-state index in [1.807, 2.05) is 12.2 Å². The van der Waals surface area contributed by atoms with Gasteiger partial charge in [-0.1, -0.05) is 12.2 Å². The SMILES string of the molecule is O=C1NCCCCC1Nc1ccc(N2C(=O)C3C4C=CC(C4)C3C2=O)cc1[N+](=O)[O-]. The Morgan fingerprint density at radius 1 is 1.07 bits per heavy atom. The Hall–Kier alpha value is -3.23. The molecule has 2 saturated heterocycles. The molecule has 0 spiro atoms. The molecule has 2 heterocycles. The zero-order chi connectivity index (χ0) is 21.0. The lowest BCUT2D eigenvalue weighted by atomic mass is 9.85. The molecule has 9 nitrogen and oxygen atoms in total. The number of hydrogen-bond donors (Lipinski definition) is 2. The lowest BCUT2D eigenvalue weighted by Crippen LogP contribution is -2.38. The molecular weight excluding hydrogens is 388 g/mol. The Balaban J connectivity index is 1.44. The maximum atomic E-state index is 13.0. The van der Waals surface area contributed by atoms with Gasteiger partial charge in [0.1, 0.15) is 11.7 Å². The molecule has 2 aliphatic heterocycles. The van der Waals surface area contributed by atoms with Crippen molar-refractivity contribution in [3.63, 3.8) is 0 Å². The number of amides is 3. The number of anilines is 2. The van der Waals surface area contributed by atoms with E-state index in [-0.39, 0.29) is 58.5 Å². The molecule has 1 saturated carbocycles. The molecule has 3 amide bonds. The van der Waals surface area contributed by atoms with Gasteiger partial charge < -0.3 is 10.6 Å². The first-order chi connectivity index (χ1) is 14.5. The first kappa shape index (κ1) is 18.8. The molecule has 1 aromatic rings. The normalized spacial score (nSPS) is 32.2. The summed E-state index contributed by atoms with van der Waals surface area (Å²) < 4.78 is 0. The lowest BCUT2D eigenvalue weighted by molar-refractivity contribution is -0.383. The highest BCUT2D eigenvalue weighted by Crippen LogP contribution is 2.53. The van der Waals surface area contributed by atoms with Crippen LogP contribution in [0.25, 0.3) is 0 Å². The van der Waals surface area contributed by atoms with E-state index in [1.54, 1.807) is 0 Å².